The highest BCUT2D eigenvalue weighted by Gasteiger charge is 2.53. The van der Waals surface area contributed by atoms with Gasteiger partial charge in [-0.2, -0.15) is 0 Å². The Balaban J connectivity index is 1.31. The molecule has 35 heavy (non-hydrogen) atoms. The molecule has 0 saturated carbocycles. The van der Waals surface area contributed by atoms with Crippen molar-refractivity contribution in [3.63, 3.8) is 0 Å². The average Bonchev–Trinajstić information content (AvgIpc) is 3.52. The monoisotopic (exact) mass is 626 g/mol. The average molecular weight is 628 g/mol. The van der Waals surface area contributed by atoms with Crippen molar-refractivity contribution in [1.82, 2.24) is 10.2 Å². The van der Waals surface area contributed by atoms with Crippen LogP contribution in [-0.2, 0) is 20.8 Å². The Hall–Kier alpha value is -1.90. The number of nitrogens with one attached hydrogen (secondary N) is 1. The van der Waals surface area contributed by atoms with Gasteiger partial charge in [0.05, 0.1) is 24.5 Å². The Morgan fingerprint density at radius 2 is 2.09 bits per heavy atom. The molecule has 3 aromatic rings. The predicted molar refractivity (Wildman–Crippen MR) is 146 cm³/mol. The fraction of sp³-hybridized carbons (Fsp3) is 0.182. The van der Waals surface area contributed by atoms with E-state index in [0.29, 0.717) is 20.5 Å². The molecule has 2 aliphatic rings. The van der Waals surface area contributed by atoms with Crippen LogP contribution in [0.3, 0.4) is 0 Å². The van der Waals surface area contributed by atoms with Gasteiger partial charge in [-0.15, -0.1) is 45.8 Å². The number of carbonyl (C=O) groups excluding carboxylic acids is 2. The largest absolute Gasteiger partial charge is 0.477 e. The van der Waals surface area contributed by atoms with Crippen LogP contribution in [0.1, 0.15) is 4.88 Å². The van der Waals surface area contributed by atoms with E-state index in [-0.39, 0.29) is 23.5 Å². The van der Waals surface area contributed by atoms with Crippen LogP contribution in [0.4, 0.5) is 0 Å². The van der Waals surface area contributed by atoms with Gasteiger partial charge in [0.25, 0.3) is 5.91 Å². The summed E-state index contributed by atoms with van der Waals surface area (Å²) >= 11 is 10.5. The highest BCUT2D eigenvalue weighted by molar-refractivity contribution is 9.10. The number of nitrogens with zero attached hydrogens (tertiary/aromatic N) is 1. The molecule has 180 valence electrons. The van der Waals surface area contributed by atoms with Crippen LogP contribution in [0.2, 0.25) is 0 Å². The minimum Gasteiger partial charge on any atom is -0.477 e. The first kappa shape index (κ1) is 24.8. The van der Waals surface area contributed by atoms with Crippen molar-refractivity contribution >= 4 is 101 Å². The fourth-order valence-corrected chi connectivity index (χ4v) is 9.55. The maximum atomic E-state index is 12.8. The fourth-order valence-electron chi connectivity index (χ4n) is 3.70. The number of rotatable bonds is 7. The number of carbonyl (C=O) groups is 3. The molecule has 0 aromatic carbocycles. The molecule has 0 spiro atoms. The van der Waals surface area contributed by atoms with E-state index < -0.39 is 23.3 Å². The summed E-state index contributed by atoms with van der Waals surface area (Å²) in [6.07, 6.45) is 1.86. The molecule has 2 atom stereocenters. The van der Waals surface area contributed by atoms with E-state index in [1.165, 1.54) is 62.4 Å². The summed E-state index contributed by atoms with van der Waals surface area (Å²) in [5.41, 5.74) is 0.368. The zero-order valence-corrected chi connectivity index (χ0v) is 23.2. The van der Waals surface area contributed by atoms with Crippen LogP contribution in [0.25, 0.3) is 9.40 Å². The van der Waals surface area contributed by atoms with Gasteiger partial charge >= 0.3 is 5.97 Å². The first-order valence-electron chi connectivity index (χ1n) is 10.1. The van der Waals surface area contributed by atoms with Crippen molar-refractivity contribution in [2.75, 3.05) is 5.75 Å². The number of thiophene rings is 2. The van der Waals surface area contributed by atoms with E-state index >= 15 is 0 Å². The number of carboxylic acid groups (broad SMARTS) is 1. The lowest BCUT2D eigenvalue weighted by Gasteiger charge is -2.49. The van der Waals surface area contributed by atoms with E-state index in [2.05, 4.69) is 21.2 Å². The number of β-lactam (4-membered cyclic amide) rings is 1. The third-order valence-corrected chi connectivity index (χ3v) is 12.0. The molecule has 0 radical (unpaired) electrons. The molecule has 5 heterocycles. The molecular formula is C22H15BrN2O5S5. The van der Waals surface area contributed by atoms with Gasteiger partial charge in [0.15, 0.2) is 0 Å². The van der Waals surface area contributed by atoms with E-state index in [0.717, 1.165) is 13.8 Å². The number of hydrogen-bond acceptors (Lipinski definition) is 9. The second-order valence-corrected chi connectivity index (χ2v) is 13.5. The first-order valence-corrected chi connectivity index (χ1v) is 15.4. The lowest BCUT2D eigenvalue weighted by atomic mass is 10.0. The molecule has 1 unspecified atom stereocenters. The van der Waals surface area contributed by atoms with Gasteiger partial charge in [0, 0.05) is 10.6 Å². The lowest BCUT2D eigenvalue weighted by molar-refractivity contribution is -0.150. The van der Waals surface area contributed by atoms with Crippen LogP contribution in [0, 0.1) is 0 Å². The van der Waals surface area contributed by atoms with Crippen molar-refractivity contribution in [2.45, 2.75) is 22.0 Å². The second-order valence-electron chi connectivity index (χ2n) is 7.46. The highest BCUT2D eigenvalue weighted by atomic mass is 79.9. The van der Waals surface area contributed by atoms with E-state index in [4.69, 9.17) is 0 Å². The molecule has 5 rings (SSSR count). The van der Waals surface area contributed by atoms with Crippen LogP contribution in [0.15, 0.2) is 65.2 Å². The number of aliphatic carboxylic acids is 1. The van der Waals surface area contributed by atoms with Crippen molar-refractivity contribution in [2.24, 2.45) is 0 Å². The number of halogens is 1. The molecule has 1 fully saturated rings. The van der Waals surface area contributed by atoms with Gasteiger partial charge in [0.1, 0.15) is 17.1 Å². The van der Waals surface area contributed by atoms with E-state index in [1.54, 1.807) is 11.5 Å². The van der Waals surface area contributed by atoms with Crippen LogP contribution >= 0.6 is 73.5 Å². The standard InChI is InChI=1S/C22H15BrN2O5S5/c23-14-17(27)18-12(4-7-32-18)35-22(14)33-6-3-10-9-34-20-15(19(28)25(20)16(10)21(29)30)24-13(26)8-11-2-1-5-31-11/h1-7,15,20H,8-9H2,(H,24,26)(H,29,30)/t15?,20-/m0/s1. The quantitative estimate of drug-likeness (QED) is 0.288. The number of hydrogen-bond donors (Lipinski definition) is 2. The van der Waals surface area contributed by atoms with Crippen LogP contribution in [0.5, 0.6) is 0 Å². The van der Waals surface area contributed by atoms with Gasteiger partial charge in [0.2, 0.25) is 11.3 Å². The molecule has 0 bridgehead atoms. The zero-order chi connectivity index (χ0) is 24.7. The zero-order valence-electron chi connectivity index (χ0n) is 17.6. The second kappa shape index (κ2) is 10.2. The van der Waals surface area contributed by atoms with Gasteiger partial charge in [-0.05, 0) is 55.9 Å². The number of allylic oxidation sites excluding steroid dienone is 1. The van der Waals surface area contributed by atoms with Crippen molar-refractivity contribution in [1.29, 1.82) is 0 Å². The number of carboxylic acids is 1. The smallest absolute Gasteiger partial charge is 0.352 e. The summed E-state index contributed by atoms with van der Waals surface area (Å²) in [4.78, 5) is 51.9. The number of amides is 2. The summed E-state index contributed by atoms with van der Waals surface area (Å²) < 4.78 is 2.86. The number of thioether (sulfide) groups is 2. The SMILES string of the molecule is O=C(Cc1cccs1)NC1C(=O)N2C(C(=O)O)=C(C=CSc3sc4ccsc4c(=O)c3Br)CS[C@@H]12. The topological polar surface area (TPSA) is 104 Å². The van der Waals surface area contributed by atoms with Crippen molar-refractivity contribution < 1.29 is 19.5 Å². The predicted octanol–water partition coefficient (Wildman–Crippen LogP) is 4.73. The Kier molecular flexibility index (Phi) is 7.24. The third kappa shape index (κ3) is 4.77. The van der Waals surface area contributed by atoms with Crippen molar-refractivity contribution in [3.8, 4) is 0 Å². The minimum atomic E-state index is -1.19. The maximum absolute atomic E-state index is 12.8. The first-order chi connectivity index (χ1) is 16.8. The summed E-state index contributed by atoms with van der Waals surface area (Å²) in [5, 5.41) is 17.6. The maximum Gasteiger partial charge on any atom is 0.352 e. The van der Waals surface area contributed by atoms with Gasteiger partial charge in [-0.25, -0.2) is 4.79 Å². The van der Waals surface area contributed by atoms with Crippen molar-refractivity contribution in [3.05, 3.63) is 71.3 Å². The normalized spacial score (nSPS) is 19.8. The van der Waals surface area contributed by atoms with E-state index in [1.807, 2.05) is 29.0 Å². The molecule has 2 aliphatic heterocycles. The molecular weight excluding hydrogens is 612 g/mol. The molecule has 13 heteroatoms. The minimum absolute atomic E-state index is 0.0653. The van der Waals surface area contributed by atoms with Gasteiger partial charge < -0.3 is 10.4 Å². The lowest BCUT2D eigenvalue weighted by Crippen LogP contribution is -2.70. The van der Waals surface area contributed by atoms with Crippen LogP contribution < -0.4 is 10.7 Å². The Labute approximate surface area is 228 Å². The Morgan fingerprint density at radius 1 is 1.26 bits per heavy atom. The molecule has 0 aliphatic carbocycles. The summed E-state index contributed by atoms with van der Waals surface area (Å²) in [5.74, 6) is -1.50. The van der Waals surface area contributed by atoms with Crippen LogP contribution in [-0.4, -0.2) is 45.0 Å². The third-order valence-electron chi connectivity index (χ3n) is 5.29. The Morgan fingerprint density at radius 3 is 2.83 bits per heavy atom. The van der Waals surface area contributed by atoms with E-state index in [9.17, 15) is 24.3 Å². The molecule has 3 aromatic heterocycles. The highest BCUT2D eigenvalue weighted by Crippen LogP contribution is 2.41. The van der Waals surface area contributed by atoms with Gasteiger partial charge in [-0.1, -0.05) is 17.8 Å². The summed E-state index contributed by atoms with van der Waals surface area (Å²) in [6, 6.07) is 4.87. The summed E-state index contributed by atoms with van der Waals surface area (Å²) in [7, 11) is 0. The Bertz CT molecular complexity index is 1460. The number of fused-ring (bicyclic) bond motifs is 2. The molecule has 2 N–H and O–H groups in total. The van der Waals surface area contributed by atoms with Gasteiger partial charge in [-0.3, -0.25) is 19.3 Å². The molecule has 2 amide bonds. The molecule has 1 saturated heterocycles. The molecule has 7 nitrogen and oxygen atoms in total. The summed E-state index contributed by atoms with van der Waals surface area (Å²) in [6.45, 7) is 0.